The Morgan fingerprint density at radius 2 is 1.66 bits per heavy atom. The quantitative estimate of drug-likeness (QED) is 0.155. The molecule has 0 aliphatic carbocycles. The summed E-state index contributed by atoms with van der Waals surface area (Å²) in [6.45, 7) is 11.1. The second-order valence-corrected chi connectivity index (χ2v) is 16.7. The Balaban J connectivity index is 1.50. The number of hydrogen-bond donors (Lipinski definition) is 1. The minimum absolute atomic E-state index is 0.00342. The van der Waals surface area contributed by atoms with E-state index in [4.69, 9.17) is 32.2 Å². The van der Waals surface area contributed by atoms with Crippen molar-refractivity contribution in [3.63, 3.8) is 0 Å². The number of carbonyl (C=O) groups excluding carboxylic acids is 4. The van der Waals surface area contributed by atoms with E-state index in [1.165, 1.54) is 30.6 Å². The van der Waals surface area contributed by atoms with Gasteiger partial charge in [0, 0.05) is 90.9 Å². The third-order valence-electron chi connectivity index (χ3n) is 12.0. The molecule has 0 aromatic carbocycles. The van der Waals surface area contributed by atoms with Gasteiger partial charge in [-0.2, -0.15) is 0 Å². The van der Waals surface area contributed by atoms with E-state index in [-0.39, 0.29) is 91.1 Å². The zero-order valence-corrected chi connectivity index (χ0v) is 37.9. The molecule has 0 saturated heterocycles. The minimum atomic E-state index is -1.01. The standard InChI is InChI=1S/C46H66N4O12/c1-27(17-18-38(54)30(4)44(58-10)28(2)19-20-50(7)32(6)51)40(57-9)23-41-31(5)39(56-8)15-12-16-42-47-36(25-59-42)45-49-37(26-61-45)46-48-35(24-60-46)29(3)21-33(52)13-11-14-34(53)22-43(55)62-41/h12,16,19-20,24-31,34,39-41,44,53H,11,13-15,17-18,21-23H2,1-10H3/b16-12+,20-19+. The van der Waals surface area contributed by atoms with E-state index in [1.54, 1.807) is 40.7 Å². The van der Waals surface area contributed by atoms with Crippen molar-refractivity contribution < 1.29 is 56.5 Å². The summed E-state index contributed by atoms with van der Waals surface area (Å²) < 4.78 is 40.8. The molecule has 6 bridgehead atoms. The fourth-order valence-electron chi connectivity index (χ4n) is 7.72. The van der Waals surface area contributed by atoms with Gasteiger partial charge in [0.1, 0.15) is 36.5 Å². The maximum atomic E-state index is 13.5. The second kappa shape index (κ2) is 24.2. The van der Waals surface area contributed by atoms with E-state index in [1.807, 2.05) is 46.8 Å². The van der Waals surface area contributed by atoms with Crippen LogP contribution in [0.5, 0.6) is 0 Å². The highest BCUT2D eigenvalue weighted by atomic mass is 16.6. The molecule has 0 radical (unpaired) electrons. The number of carbonyl (C=O) groups is 4. The van der Waals surface area contributed by atoms with E-state index in [2.05, 4.69) is 15.0 Å². The Morgan fingerprint density at radius 1 is 0.968 bits per heavy atom. The number of esters is 1. The molecule has 1 aliphatic heterocycles. The number of ketones is 2. The first-order valence-corrected chi connectivity index (χ1v) is 21.5. The fraction of sp³-hybridized carbons (Fsp3) is 0.630. The number of methoxy groups -OCH3 is 3. The van der Waals surface area contributed by atoms with Gasteiger partial charge < -0.3 is 42.2 Å². The van der Waals surface area contributed by atoms with Gasteiger partial charge in [-0.15, -0.1) is 0 Å². The van der Waals surface area contributed by atoms with Crippen LogP contribution >= 0.6 is 0 Å². The first kappa shape index (κ1) is 49.9. The summed E-state index contributed by atoms with van der Waals surface area (Å²) in [6.07, 6.45) is 10.9. The van der Waals surface area contributed by atoms with Gasteiger partial charge in [0.2, 0.25) is 23.6 Å². The second-order valence-electron chi connectivity index (χ2n) is 16.7. The molecule has 1 aliphatic rings. The van der Waals surface area contributed by atoms with Crippen LogP contribution in [0.3, 0.4) is 0 Å². The van der Waals surface area contributed by atoms with Crippen LogP contribution in [-0.4, -0.2) is 107 Å². The number of amides is 1. The van der Waals surface area contributed by atoms with Crippen molar-refractivity contribution >= 4 is 29.5 Å². The van der Waals surface area contributed by atoms with Crippen LogP contribution in [0, 0.1) is 23.7 Å². The average molecular weight is 867 g/mol. The van der Waals surface area contributed by atoms with Gasteiger partial charge in [-0.05, 0) is 37.7 Å². The van der Waals surface area contributed by atoms with Crippen LogP contribution in [0.15, 0.2) is 50.4 Å². The van der Waals surface area contributed by atoms with Crippen molar-refractivity contribution in [2.75, 3.05) is 28.4 Å². The lowest BCUT2D eigenvalue weighted by Gasteiger charge is -2.34. The number of Topliss-reactive ketones (excluding diaryl/α,β-unsaturated/α-hetero) is 2. The molecule has 0 fully saturated rings. The van der Waals surface area contributed by atoms with E-state index < -0.39 is 36.3 Å². The molecule has 0 spiro atoms. The summed E-state index contributed by atoms with van der Waals surface area (Å²) in [7, 11) is 6.44. The molecule has 3 aromatic rings. The van der Waals surface area contributed by atoms with Crippen LogP contribution in [0.2, 0.25) is 0 Å². The van der Waals surface area contributed by atoms with Crippen LogP contribution < -0.4 is 0 Å². The van der Waals surface area contributed by atoms with Crippen molar-refractivity contribution in [1.82, 2.24) is 19.9 Å². The predicted octanol–water partition coefficient (Wildman–Crippen LogP) is 7.62. The lowest BCUT2D eigenvalue weighted by Crippen LogP contribution is -2.39. The number of nitrogens with zero attached hydrogens (tertiary/aromatic N) is 4. The number of oxazole rings is 3. The Bertz CT molecular complexity index is 1950. The van der Waals surface area contributed by atoms with Gasteiger partial charge in [-0.25, -0.2) is 15.0 Å². The van der Waals surface area contributed by atoms with Crippen LogP contribution in [0.4, 0.5) is 0 Å². The Morgan fingerprint density at radius 3 is 2.35 bits per heavy atom. The maximum absolute atomic E-state index is 13.5. The number of fused-ring (bicyclic) bond motifs is 8. The van der Waals surface area contributed by atoms with Gasteiger partial charge in [0.15, 0.2) is 11.4 Å². The first-order chi connectivity index (χ1) is 29.5. The van der Waals surface area contributed by atoms with Crippen LogP contribution in [-0.2, 0) is 38.1 Å². The molecule has 16 nitrogen and oxygen atoms in total. The number of aromatic nitrogens is 3. The van der Waals surface area contributed by atoms with Crippen molar-refractivity contribution in [2.45, 2.75) is 136 Å². The first-order valence-electron chi connectivity index (χ1n) is 21.5. The van der Waals surface area contributed by atoms with Crippen molar-refractivity contribution in [2.24, 2.45) is 23.7 Å². The molecule has 1 N–H and O–H groups in total. The van der Waals surface area contributed by atoms with E-state index in [9.17, 15) is 24.3 Å². The van der Waals surface area contributed by atoms with Crippen LogP contribution in [0.1, 0.15) is 117 Å². The van der Waals surface area contributed by atoms with Crippen molar-refractivity contribution in [3.05, 3.63) is 48.7 Å². The molecule has 10 atom stereocenters. The van der Waals surface area contributed by atoms with Crippen molar-refractivity contribution in [1.29, 1.82) is 0 Å². The summed E-state index contributed by atoms with van der Waals surface area (Å²) in [6, 6.07) is 0. The van der Waals surface area contributed by atoms with Crippen LogP contribution in [0.25, 0.3) is 29.2 Å². The number of rotatable bonds is 14. The summed E-state index contributed by atoms with van der Waals surface area (Å²) in [5.41, 5.74) is 1.33. The zero-order valence-electron chi connectivity index (χ0n) is 37.9. The summed E-state index contributed by atoms with van der Waals surface area (Å²) in [5, 5.41) is 10.9. The number of cyclic esters (lactones) is 1. The van der Waals surface area contributed by atoms with Gasteiger partial charge in [0.25, 0.3) is 0 Å². The normalized spacial score (nSPS) is 24.0. The van der Waals surface area contributed by atoms with Gasteiger partial charge >= 0.3 is 5.97 Å². The summed E-state index contributed by atoms with van der Waals surface area (Å²) in [4.78, 5) is 66.5. The number of aliphatic hydroxyl groups excluding tert-OH is 1. The van der Waals surface area contributed by atoms with E-state index in [0.29, 0.717) is 48.7 Å². The topological polar surface area (TPSA) is 207 Å². The minimum Gasteiger partial charge on any atom is -0.462 e. The molecular weight excluding hydrogens is 801 g/mol. The molecule has 3 aromatic heterocycles. The highest BCUT2D eigenvalue weighted by Crippen LogP contribution is 2.31. The van der Waals surface area contributed by atoms with E-state index >= 15 is 0 Å². The maximum Gasteiger partial charge on any atom is 0.308 e. The molecule has 0 saturated carbocycles. The molecule has 16 heteroatoms. The average Bonchev–Trinajstić information content (AvgIpc) is 4.03. The lowest BCUT2D eigenvalue weighted by atomic mass is 9.84. The highest BCUT2D eigenvalue weighted by Gasteiger charge is 2.34. The molecule has 1 amide bonds. The third-order valence-corrected chi connectivity index (χ3v) is 12.0. The molecule has 4 rings (SSSR count). The van der Waals surface area contributed by atoms with Gasteiger partial charge in [0.05, 0.1) is 36.5 Å². The number of hydrogen-bond acceptors (Lipinski definition) is 15. The van der Waals surface area contributed by atoms with E-state index in [0.717, 1.165) is 0 Å². The highest BCUT2D eigenvalue weighted by molar-refractivity contribution is 5.81. The fourth-order valence-corrected chi connectivity index (χ4v) is 7.72. The lowest BCUT2D eigenvalue weighted by molar-refractivity contribution is -0.160. The summed E-state index contributed by atoms with van der Waals surface area (Å²) in [5.74, 6) is -1.07. The SMILES string of the molecule is COC(CC1OC(=O)CC(O)CCCC(=O)CC(C)c2coc(n2)-c2coc(n2)-c2coc(n2)/C=C/CC(OC)C1C)C(C)CCC(=O)C(C)C(OC)C(C)/C=C/N(C)C(C)=O. The monoisotopic (exact) mass is 866 g/mol. The molecule has 342 valence electrons. The van der Waals surface area contributed by atoms with Crippen molar-refractivity contribution in [3.8, 4) is 23.2 Å². The Labute approximate surface area is 364 Å². The predicted molar refractivity (Wildman–Crippen MR) is 229 cm³/mol. The smallest absolute Gasteiger partial charge is 0.308 e. The molecule has 62 heavy (non-hydrogen) atoms. The molecule has 10 unspecified atom stereocenters. The largest absolute Gasteiger partial charge is 0.462 e. The Kier molecular flexibility index (Phi) is 19.5. The molecule has 4 heterocycles. The Hall–Kier alpha value is -4.77. The molecular formula is C46H66N4O12. The summed E-state index contributed by atoms with van der Waals surface area (Å²) >= 11 is 0. The van der Waals surface area contributed by atoms with Gasteiger partial charge in [-0.3, -0.25) is 19.2 Å². The zero-order chi connectivity index (χ0) is 45.5. The number of ether oxygens (including phenoxy) is 4. The third kappa shape index (κ3) is 14.4. The number of aliphatic hydroxyl groups is 1. The van der Waals surface area contributed by atoms with Gasteiger partial charge in [-0.1, -0.05) is 46.8 Å².